The second-order valence-electron chi connectivity index (χ2n) is 7.33. The Kier molecular flexibility index (Phi) is 6.22. The van der Waals surface area contributed by atoms with Gasteiger partial charge in [0.25, 0.3) is 5.89 Å². The van der Waals surface area contributed by atoms with Gasteiger partial charge in [-0.25, -0.2) is 4.39 Å². The summed E-state index contributed by atoms with van der Waals surface area (Å²) in [5.41, 5.74) is -0.196. The molecular weight excluding hydrogens is 430 g/mol. The lowest BCUT2D eigenvalue weighted by Crippen LogP contribution is -2.42. The molecule has 1 atom stereocenters. The van der Waals surface area contributed by atoms with Gasteiger partial charge in [0.05, 0.1) is 18.7 Å². The van der Waals surface area contributed by atoms with Crippen LogP contribution in [0.15, 0.2) is 53.1 Å². The predicted octanol–water partition coefficient (Wildman–Crippen LogP) is 4.43. The minimum absolute atomic E-state index is 0.00213. The first kappa shape index (κ1) is 21.9. The van der Waals surface area contributed by atoms with Crippen LogP contribution in [0.2, 0.25) is 0 Å². The average molecular weight is 449 g/mol. The van der Waals surface area contributed by atoms with Gasteiger partial charge >= 0.3 is 6.18 Å². The molecule has 2 heterocycles. The predicted molar refractivity (Wildman–Crippen MR) is 105 cm³/mol. The molecule has 0 spiro atoms. The molecule has 168 valence electrons. The van der Waals surface area contributed by atoms with Crippen molar-refractivity contribution in [2.45, 2.75) is 25.1 Å². The van der Waals surface area contributed by atoms with Gasteiger partial charge in [0, 0.05) is 18.5 Å². The lowest BCUT2D eigenvalue weighted by Gasteiger charge is -2.31. The Balaban J connectivity index is 1.41. The van der Waals surface area contributed by atoms with Crippen LogP contribution in [0.1, 0.15) is 29.5 Å². The van der Waals surface area contributed by atoms with Crippen LogP contribution in [0.3, 0.4) is 0 Å². The van der Waals surface area contributed by atoms with E-state index in [2.05, 4.69) is 10.1 Å². The topological polar surface area (TPSA) is 68.5 Å². The molecule has 1 aromatic heterocycles. The van der Waals surface area contributed by atoms with Gasteiger partial charge in [-0.05, 0) is 30.2 Å². The number of aryl methyl sites for hydroxylation is 1. The summed E-state index contributed by atoms with van der Waals surface area (Å²) in [5, 5.41) is 3.76. The number of hydrogen-bond donors (Lipinski definition) is 0. The van der Waals surface area contributed by atoms with E-state index in [0.717, 1.165) is 12.1 Å². The zero-order chi connectivity index (χ0) is 22.7. The van der Waals surface area contributed by atoms with Crippen LogP contribution in [0.4, 0.5) is 17.6 Å². The molecule has 1 aliphatic rings. The summed E-state index contributed by atoms with van der Waals surface area (Å²) in [6, 6.07) is 10.9. The molecule has 3 aromatic rings. The number of hydrogen-bond acceptors (Lipinski definition) is 5. The van der Waals surface area contributed by atoms with Crippen molar-refractivity contribution in [1.29, 1.82) is 0 Å². The van der Waals surface area contributed by atoms with Crippen molar-refractivity contribution in [2.75, 3.05) is 19.7 Å². The lowest BCUT2D eigenvalue weighted by molar-refractivity contribution is -0.140. The number of benzene rings is 2. The van der Waals surface area contributed by atoms with Crippen molar-refractivity contribution in [3.63, 3.8) is 0 Å². The normalized spacial score (nSPS) is 16.9. The molecule has 0 unspecified atom stereocenters. The van der Waals surface area contributed by atoms with Crippen LogP contribution < -0.4 is 0 Å². The molecule has 1 saturated heterocycles. The standard InChI is InChI=1S/C22H19F4N3O3/c23-17-7-2-1-4-14(17)8-9-19(30)29-10-11-31-18(13-29)21-27-20(28-32-21)15-5-3-6-16(12-15)22(24,25)26/h1-7,12,18H,8-11,13H2/t18-/m0/s1. The molecule has 1 aliphatic heterocycles. The van der Waals surface area contributed by atoms with Crippen LogP contribution in [-0.2, 0) is 22.1 Å². The number of morpholine rings is 1. The Labute approximate surface area is 180 Å². The lowest BCUT2D eigenvalue weighted by atomic mass is 10.1. The monoisotopic (exact) mass is 449 g/mol. The highest BCUT2D eigenvalue weighted by Gasteiger charge is 2.32. The van der Waals surface area contributed by atoms with Gasteiger partial charge in [0.1, 0.15) is 5.82 Å². The zero-order valence-electron chi connectivity index (χ0n) is 16.8. The number of amides is 1. The maximum absolute atomic E-state index is 13.8. The summed E-state index contributed by atoms with van der Waals surface area (Å²) in [4.78, 5) is 18.3. The number of carbonyl (C=O) groups is 1. The number of alkyl halides is 3. The fourth-order valence-electron chi connectivity index (χ4n) is 3.44. The van der Waals surface area contributed by atoms with E-state index in [0.29, 0.717) is 12.1 Å². The van der Waals surface area contributed by atoms with Crippen LogP contribution in [0, 0.1) is 5.82 Å². The van der Waals surface area contributed by atoms with E-state index in [4.69, 9.17) is 9.26 Å². The van der Waals surface area contributed by atoms with Crippen LogP contribution in [0.25, 0.3) is 11.4 Å². The van der Waals surface area contributed by atoms with Crippen molar-refractivity contribution >= 4 is 5.91 Å². The van der Waals surface area contributed by atoms with Crippen molar-refractivity contribution in [2.24, 2.45) is 0 Å². The highest BCUT2D eigenvalue weighted by Crippen LogP contribution is 2.32. The van der Waals surface area contributed by atoms with E-state index in [9.17, 15) is 22.4 Å². The minimum Gasteiger partial charge on any atom is -0.365 e. The average Bonchev–Trinajstić information content (AvgIpc) is 3.28. The first-order chi connectivity index (χ1) is 15.3. The summed E-state index contributed by atoms with van der Waals surface area (Å²) in [5.74, 6) is -0.450. The quantitative estimate of drug-likeness (QED) is 0.540. The van der Waals surface area contributed by atoms with Gasteiger partial charge in [-0.2, -0.15) is 18.2 Å². The molecular formula is C22H19F4N3O3. The molecule has 4 rings (SSSR count). The SMILES string of the molecule is O=C(CCc1ccccc1F)N1CCO[C@H](c2nc(-c3cccc(C(F)(F)F)c3)no2)C1. The molecule has 32 heavy (non-hydrogen) atoms. The molecule has 2 aromatic carbocycles. The summed E-state index contributed by atoms with van der Waals surface area (Å²) < 4.78 is 63.4. The van der Waals surface area contributed by atoms with Crippen LogP contribution >= 0.6 is 0 Å². The molecule has 0 N–H and O–H groups in total. The number of nitrogens with zero attached hydrogens (tertiary/aromatic N) is 3. The Morgan fingerprint density at radius 3 is 2.75 bits per heavy atom. The second-order valence-corrected chi connectivity index (χ2v) is 7.33. The molecule has 6 nitrogen and oxygen atoms in total. The van der Waals surface area contributed by atoms with E-state index in [1.54, 1.807) is 23.1 Å². The van der Waals surface area contributed by atoms with E-state index in [1.807, 2.05) is 0 Å². The molecule has 10 heteroatoms. The number of ether oxygens (including phenoxy) is 1. The Morgan fingerprint density at radius 1 is 1.16 bits per heavy atom. The Morgan fingerprint density at radius 2 is 1.97 bits per heavy atom. The number of halogens is 4. The van der Waals surface area contributed by atoms with E-state index in [-0.39, 0.29) is 55.0 Å². The summed E-state index contributed by atoms with van der Waals surface area (Å²) >= 11 is 0. The van der Waals surface area contributed by atoms with Crippen molar-refractivity contribution < 1.29 is 31.6 Å². The molecule has 1 amide bonds. The summed E-state index contributed by atoms with van der Waals surface area (Å²) in [6.45, 7) is 0.749. The number of aromatic nitrogens is 2. The highest BCUT2D eigenvalue weighted by molar-refractivity contribution is 5.76. The first-order valence-electron chi connectivity index (χ1n) is 9.95. The smallest absolute Gasteiger partial charge is 0.365 e. The van der Waals surface area contributed by atoms with Gasteiger partial charge in [-0.15, -0.1) is 0 Å². The molecule has 0 saturated carbocycles. The number of rotatable bonds is 5. The third-order valence-electron chi connectivity index (χ3n) is 5.15. The van der Waals surface area contributed by atoms with Crippen molar-refractivity contribution in [3.8, 4) is 11.4 Å². The Bertz CT molecular complexity index is 1100. The van der Waals surface area contributed by atoms with Gasteiger partial charge in [0.2, 0.25) is 11.7 Å². The maximum Gasteiger partial charge on any atom is 0.416 e. The zero-order valence-corrected chi connectivity index (χ0v) is 16.8. The second kappa shape index (κ2) is 9.07. The third-order valence-corrected chi connectivity index (χ3v) is 5.15. The highest BCUT2D eigenvalue weighted by atomic mass is 19.4. The maximum atomic E-state index is 13.8. The van der Waals surface area contributed by atoms with Crippen LogP contribution in [-0.4, -0.2) is 40.6 Å². The number of carbonyl (C=O) groups excluding carboxylic acids is 1. The van der Waals surface area contributed by atoms with E-state index >= 15 is 0 Å². The molecule has 0 radical (unpaired) electrons. The van der Waals surface area contributed by atoms with E-state index < -0.39 is 17.8 Å². The van der Waals surface area contributed by atoms with Crippen LogP contribution in [0.5, 0.6) is 0 Å². The Hall–Kier alpha value is -3.27. The summed E-state index contributed by atoms with van der Waals surface area (Å²) in [6.07, 6.45) is -4.78. The fraction of sp³-hybridized carbons (Fsp3) is 0.318. The molecule has 0 bridgehead atoms. The van der Waals surface area contributed by atoms with Gasteiger partial charge in [-0.1, -0.05) is 35.5 Å². The van der Waals surface area contributed by atoms with E-state index in [1.165, 1.54) is 18.2 Å². The molecule has 1 fully saturated rings. The fourth-order valence-corrected chi connectivity index (χ4v) is 3.44. The first-order valence-corrected chi connectivity index (χ1v) is 9.95. The van der Waals surface area contributed by atoms with Crippen molar-refractivity contribution in [3.05, 3.63) is 71.4 Å². The van der Waals surface area contributed by atoms with Gasteiger partial charge in [0.15, 0.2) is 6.10 Å². The van der Waals surface area contributed by atoms with Gasteiger partial charge < -0.3 is 14.2 Å². The minimum atomic E-state index is -4.49. The largest absolute Gasteiger partial charge is 0.416 e. The van der Waals surface area contributed by atoms with Crippen molar-refractivity contribution in [1.82, 2.24) is 15.0 Å². The third kappa shape index (κ3) is 4.96. The summed E-state index contributed by atoms with van der Waals surface area (Å²) in [7, 11) is 0. The van der Waals surface area contributed by atoms with Gasteiger partial charge in [-0.3, -0.25) is 4.79 Å². The molecule has 0 aliphatic carbocycles.